The fourth-order valence-corrected chi connectivity index (χ4v) is 13.5. The van der Waals surface area contributed by atoms with Gasteiger partial charge in [-0.3, -0.25) is 0 Å². The summed E-state index contributed by atoms with van der Waals surface area (Å²) in [6.45, 7) is 15.7. The Labute approximate surface area is 331 Å². The molecule has 14 heteroatoms. The largest absolute Gasteiger partial charge is 0.394 e. The summed E-state index contributed by atoms with van der Waals surface area (Å²) in [6, 6.07) is 0. The van der Waals surface area contributed by atoms with Crippen LogP contribution < -0.4 is 0 Å². The van der Waals surface area contributed by atoms with Crippen LogP contribution in [0.5, 0.6) is 0 Å². The van der Waals surface area contributed by atoms with Crippen LogP contribution in [-0.4, -0.2) is 150 Å². The first kappa shape index (κ1) is 44.7. The monoisotopic (exact) mass is 800 g/mol. The van der Waals surface area contributed by atoms with E-state index in [0.717, 1.165) is 32.1 Å². The number of allylic oxidation sites excluding steroid dienone is 2. The average molecular weight is 801 g/mol. The number of hydrogen-bond acceptors (Lipinski definition) is 14. The van der Waals surface area contributed by atoms with Gasteiger partial charge in [0.05, 0.1) is 37.1 Å². The smallest absolute Gasteiger partial charge is 0.187 e. The van der Waals surface area contributed by atoms with Gasteiger partial charge >= 0.3 is 0 Å². The molecular formula is C42H72O14. The Morgan fingerprint density at radius 3 is 1.93 bits per heavy atom. The maximum atomic E-state index is 12.2. The Kier molecular flexibility index (Phi) is 12.7. The normalized spacial score (nSPS) is 52.6. The highest BCUT2D eigenvalue weighted by Crippen LogP contribution is 2.76. The van der Waals surface area contributed by atoms with Crippen LogP contribution >= 0.6 is 0 Å². The lowest BCUT2D eigenvalue weighted by Gasteiger charge is -2.71. The van der Waals surface area contributed by atoms with E-state index in [9.17, 15) is 51.1 Å². The summed E-state index contributed by atoms with van der Waals surface area (Å²) in [5.41, 5.74) is -1.25. The number of aliphatic hydroxyl groups excluding tert-OH is 9. The molecule has 2 saturated heterocycles. The first-order valence-electron chi connectivity index (χ1n) is 21.0. The molecular weight excluding hydrogens is 728 g/mol. The molecule has 10 N–H and O–H groups in total. The molecule has 6 fully saturated rings. The SMILES string of the molecule is CC(C)=CCC[C@](C)(O)[C@@H]1CC[C@@]2(C)[C@H]1[C@@H](O)C[C@H]1[C@]3(C)C[C@H](O)[C@@H](O[C@H]4O[C@@H](CO)[C@H](O)[C@@H](O)[C@@H]4O[C@H]4O[C@@H](CO)[C@H](O)[C@@H](O)[C@@H]4O)C(C)(C)[C@H]3CC[C@@]12C. The van der Waals surface area contributed by atoms with Crippen LogP contribution in [0.4, 0.5) is 0 Å². The van der Waals surface area contributed by atoms with Gasteiger partial charge < -0.3 is 70.0 Å². The zero-order chi connectivity index (χ0) is 41.5. The predicted octanol–water partition coefficient (Wildman–Crippen LogP) is 1.12. The van der Waals surface area contributed by atoms with E-state index >= 15 is 0 Å². The highest BCUT2D eigenvalue weighted by Gasteiger charge is 2.72. The van der Waals surface area contributed by atoms with E-state index in [-0.39, 0.29) is 34.5 Å². The molecule has 0 amide bonds. The number of rotatable bonds is 10. The summed E-state index contributed by atoms with van der Waals surface area (Å²) in [5, 5.41) is 110. The quantitative estimate of drug-likeness (QED) is 0.110. The second kappa shape index (κ2) is 15.9. The molecule has 324 valence electrons. The van der Waals surface area contributed by atoms with Crippen molar-refractivity contribution in [3.8, 4) is 0 Å². The van der Waals surface area contributed by atoms with Crippen molar-refractivity contribution in [1.82, 2.24) is 0 Å². The van der Waals surface area contributed by atoms with Crippen molar-refractivity contribution in [3.05, 3.63) is 11.6 Å². The lowest BCUT2D eigenvalue weighted by molar-refractivity contribution is -0.383. The Bertz CT molecular complexity index is 1400. The highest BCUT2D eigenvalue weighted by molar-refractivity contribution is 5.21. The number of ether oxygens (including phenoxy) is 4. The Morgan fingerprint density at radius 2 is 1.32 bits per heavy atom. The first-order valence-corrected chi connectivity index (χ1v) is 21.0. The number of hydrogen-bond donors (Lipinski definition) is 10. The number of fused-ring (bicyclic) bond motifs is 5. The van der Waals surface area contributed by atoms with Gasteiger partial charge in [-0.2, -0.15) is 0 Å². The topological polar surface area (TPSA) is 239 Å². The summed E-state index contributed by atoms with van der Waals surface area (Å²) in [6.07, 6.45) is -10.5. The number of aliphatic hydroxyl groups is 10. The van der Waals surface area contributed by atoms with Gasteiger partial charge in [0.1, 0.15) is 48.8 Å². The molecule has 0 bridgehead atoms. The van der Waals surface area contributed by atoms with Crippen LogP contribution in [0, 0.1) is 45.3 Å². The molecule has 0 unspecified atom stereocenters. The minimum absolute atomic E-state index is 0.00996. The van der Waals surface area contributed by atoms with E-state index < -0.39 is 109 Å². The molecule has 56 heavy (non-hydrogen) atoms. The maximum Gasteiger partial charge on any atom is 0.187 e. The molecule has 21 atom stereocenters. The van der Waals surface area contributed by atoms with Crippen LogP contribution in [0.1, 0.15) is 107 Å². The van der Waals surface area contributed by atoms with Crippen LogP contribution in [-0.2, 0) is 18.9 Å². The minimum atomic E-state index is -1.81. The summed E-state index contributed by atoms with van der Waals surface area (Å²) < 4.78 is 24.1. The van der Waals surface area contributed by atoms with Crippen molar-refractivity contribution in [3.63, 3.8) is 0 Å². The zero-order valence-corrected chi connectivity index (χ0v) is 34.6. The lowest BCUT2D eigenvalue weighted by atomic mass is 9.35. The van der Waals surface area contributed by atoms with Crippen LogP contribution in [0.25, 0.3) is 0 Å². The van der Waals surface area contributed by atoms with E-state index in [4.69, 9.17) is 18.9 Å². The second-order valence-corrected chi connectivity index (χ2v) is 20.3. The molecule has 0 radical (unpaired) electrons. The van der Waals surface area contributed by atoms with Gasteiger partial charge in [-0.1, -0.05) is 46.3 Å². The maximum absolute atomic E-state index is 12.2. The van der Waals surface area contributed by atoms with E-state index in [1.54, 1.807) is 0 Å². The molecule has 0 aromatic rings. The lowest BCUT2D eigenvalue weighted by Crippen LogP contribution is -2.70. The van der Waals surface area contributed by atoms with Crippen molar-refractivity contribution in [2.45, 2.75) is 192 Å². The van der Waals surface area contributed by atoms with Gasteiger partial charge in [0, 0.05) is 0 Å². The summed E-state index contributed by atoms with van der Waals surface area (Å²) in [7, 11) is 0. The van der Waals surface area contributed by atoms with Crippen molar-refractivity contribution in [1.29, 1.82) is 0 Å². The fourth-order valence-electron chi connectivity index (χ4n) is 13.5. The molecule has 4 saturated carbocycles. The minimum Gasteiger partial charge on any atom is -0.394 e. The Balaban J connectivity index is 1.25. The summed E-state index contributed by atoms with van der Waals surface area (Å²) in [5.74, 6) is -0.0322. The van der Waals surface area contributed by atoms with E-state index in [1.165, 1.54) is 5.57 Å². The third-order valence-electron chi connectivity index (χ3n) is 16.5. The van der Waals surface area contributed by atoms with E-state index in [0.29, 0.717) is 19.3 Å². The molecule has 2 aliphatic heterocycles. The van der Waals surface area contributed by atoms with Gasteiger partial charge in [-0.15, -0.1) is 0 Å². The zero-order valence-electron chi connectivity index (χ0n) is 34.6. The molecule has 4 aliphatic carbocycles. The average Bonchev–Trinajstić information content (AvgIpc) is 3.50. The van der Waals surface area contributed by atoms with Crippen molar-refractivity contribution in [2.24, 2.45) is 45.3 Å². The highest BCUT2D eigenvalue weighted by atomic mass is 16.8. The molecule has 0 spiro atoms. The predicted molar refractivity (Wildman–Crippen MR) is 202 cm³/mol. The van der Waals surface area contributed by atoms with E-state index in [2.05, 4.69) is 40.7 Å². The van der Waals surface area contributed by atoms with Gasteiger partial charge in [0.25, 0.3) is 0 Å². The van der Waals surface area contributed by atoms with Gasteiger partial charge in [0.2, 0.25) is 0 Å². The summed E-state index contributed by atoms with van der Waals surface area (Å²) >= 11 is 0. The molecule has 6 rings (SSSR count). The molecule has 6 aliphatic rings. The van der Waals surface area contributed by atoms with Crippen molar-refractivity contribution < 1.29 is 70.0 Å². The molecule has 0 aromatic heterocycles. The van der Waals surface area contributed by atoms with Crippen LogP contribution in [0.3, 0.4) is 0 Å². The standard InChI is InChI=1S/C42H72O14/c1-20(2)10-9-13-42(8,52)21-11-14-41(7)28(21)22(45)16-27-39(5)17-23(46)35(38(3,4)26(39)12-15-40(27,41)6)56-37-34(32(50)30(48)25(19-44)54-37)55-36-33(51)31(49)29(47)24(18-43)53-36/h10,21-37,43-52H,9,11-19H2,1-8H3/t21-,22+,23+,24+,25+,26-,27+,28-,29+,30+,31-,32-,33+,34+,35-,36-,37-,39-,40+,41+,42+/m1/s1. The Hall–Kier alpha value is -0.820. The summed E-state index contributed by atoms with van der Waals surface area (Å²) in [4.78, 5) is 0. The van der Waals surface area contributed by atoms with E-state index in [1.807, 2.05) is 20.8 Å². The third-order valence-corrected chi connectivity index (χ3v) is 16.5. The third kappa shape index (κ3) is 7.16. The van der Waals surface area contributed by atoms with Gasteiger partial charge in [0.15, 0.2) is 12.6 Å². The molecule has 14 nitrogen and oxygen atoms in total. The molecule has 0 aromatic carbocycles. The second-order valence-electron chi connectivity index (χ2n) is 20.3. The van der Waals surface area contributed by atoms with Gasteiger partial charge in [-0.05, 0) is 117 Å². The van der Waals surface area contributed by atoms with Crippen LogP contribution in [0.15, 0.2) is 11.6 Å². The van der Waals surface area contributed by atoms with Gasteiger partial charge in [-0.25, -0.2) is 0 Å². The van der Waals surface area contributed by atoms with Crippen LogP contribution in [0.2, 0.25) is 0 Å². The van der Waals surface area contributed by atoms with Crippen molar-refractivity contribution >= 4 is 0 Å². The van der Waals surface area contributed by atoms with Crippen molar-refractivity contribution in [2.75, 3.05) is 13.2 Å². The Morgan fingerprint density at radius 1 is 0.732 bits per heavy atom. The molecule has 2 heterocycles. The first-order chi connectivity index (χ1) is 26.0. The fraction of sp³-hybridized carbons (Fsp3) is 0.952.